The second kappa shape index (κ2) is 5.50. The molecule has 23 heavy (non-hydrogen) atoms. The maximum atomic E-state index is 13.1. The zero-order chi connectivity index (χ0) is 15.8. The van der Waals surface area contributed by atoms with Crippen LogP contribution in [0.5, 0.6) is 0 Å². The average molecular weight is 306 g/mol. The highest BCUT2D eigenvalue weighted by atomic mass is 16.2. The summed E-state index contributed by atoms with van der Waals surface area (Å²) in [5.74, 6) is 0.00172. The number of amides is 1. The van der Waals surface area contributed by atoms with E-state index in [-0.39, 0.29) is 11.9 Å². The zero-order valence-electron chi connectivity index (χ0n) is 13.0. The summed E-state index contributed by atoms with van der Waals surface area (Å²) >= 11 is 0. The monoisotopic (exact) mass is 306 g/mol. The molecule has 0 radical (unpaired) electrons. The molecule has 0 fully saturated rings. The highest BCUT2D eigenvalue weighted by molar-refractivity contribution is 6.04. The summed E-state index contributed by atoms with van der Waals surface area (Å²) in [6.07, 6.45) is 3.47. The van der Waals surface area contributed by atoms with E-state index in [1.54, 1.807) is 6.20 Å². The minimum Gasteiger partial charge on any atom is -0.330 e. The van der Waals surface area contributed by atoms with Gasteiger partial charge >= 0.3 is 0 Å². The molecule has 3 aromatic rings. The molecule has 1 aliphatic rings. The first-order valence-electron chi connectivity index (χ1n) is 7.97. The van der Waals surface area contributed by atoms with Gasteiger partial charge < -0.3 is 4.90 Å². The highest BCUT2D eigenvalue weighted by Crippen LogP contribution is 2.33. The summed E-state index contributed by atoms with van der Waals surface area (Å²) in [6.45, 7) is 2.86. The van der Waals surface area contributed by atoms with Crippen LogP contribution in [0.4, 0.5) is 0 Å². The summed E-state index contributed by atoms with van der Waals surface area (Å²) in [5.41, 5.74) is 3.73. The van der Waals surface area contributed by atoms with Crippen LogP contribution < -0.4 is 0 Å². The van der Waals surface area contributed by atoms with Gasteiger partial charge in [0.1, 0.15) is 5.69 Å². The minimum absolute atomic E-state index is 0.00172. The van der Waals surface area contributed by atoms with Gasteiger partial charge in [0.25, 0.3) is 5.91 Å². The smallest absolute Gasteiger partial charge is 0.273 e. The van der Waals surface area contributed by atoms with Crippen molar-refractivity contribution in [3.63, 3.8) is 0 Å². The molecule has 0 saturated carbocycles. The number of fused-ring (bicyclic) bond motifs is 2. The Morgan fingerprint density at radius 2 is 2.17 bits per heavy atom. The Balaban J connectivity index is 1.74. The minimum atomic E-state index is 0.00172. The predicted molar refractivity (Wildman–Crippen MR) is 88.1 cm³/mol. The molecule has 0 saturated heterocycles. The molecular weight excluding hydrogens is 288 g/mol. The van der Waals surface area contributed by atoms with E-state index in [2.05, 4.69) is 40.3 Å². The van der Waals surface area contributed by atoms with Crippen LogP contribution in [0, 0.1) is 0 Å². The molecule has 1 amide bonds. The van der Waals surface area contributed by atoms with E-state index in [0.29, 0.717) is 11.3 Å². The summed E-state index contributed by atoms with van der Waals surface area (Å²) in [4.78, 5) is 19.2. The Morgan fingerprint density at radius 3 is 3.04 bits per heavy atom. The first-order valence-corrected chi connectivity index (χ1v) is 7.97. The van der Waals surface area contributed by atoms with Crippen molar-refractivity contribution in [2.75, 3.05) is 6.54 Å². The van der Waals surface area contributed by atoms with Gasteiger partial charge in [-0.1, -0.05) is 31.2 Å². The standard InChI is InChI=1S/C18H18N4O/c1-2-15-13-7-4-3-6-12(13)9-11-22(15)18(23)16-14-8-5-10-19-17(14)21-20-16/h3-8,10,15H,2,9,11H2,1H3,(H,19,20,21). The predicted octanol–water partition coefficient (Wildman–Crippen LogP) is 3.11. The third kappa shape index (κ3) is 2.20. The lowest BCUT2D eigenvalue weighted by atomic mass is 9.91. The molecule has 3 heterocycles. The van der Waals surface area contributed by atoms with E-state index in [0.717, 1.165) is 24.8 Å². The number of nitrogens with one attached hydrogen (secondary N) is 1. The number of aromatic amines is 1. The van der Waals surface area contributed by atoms with Crippen molar-refractivity contribution < 1.29 is 4.79 Å². The van der Waals surface area contributed by atoms with Crippen LogP contribution in [0.1, 0.15) is 41.0 Å². The molecule has 5 nitrogen and oxygen atoms in total. The fourth-order valence-corrected chi connectivity index (χ4v) is 3.49. The van der Waals surface area contributed by atoms with Crippen LogP contribution in [0.15, 0.2) is 42.6 Å². The number of hydrogen-bond acceptors (Lipinski definition) is 3. The van der Waals surface area contributed by atoms with Crippen LogP contribution in [0.2, 0.25) is 0 Å². The van der Waals surface area contributed by atoms with Gasteiger partial charge in [-0.2, -0.15) is 5.10 Å². The third-order valence-corrected chi connectivity index (χ3v) is 4.60. The van der Waals surface area contributed by atoms with Crippen molar-refractivity contribution in [3.05, 3.63) is 59.4 Å². The Kier molecular flexibility index (Phi) is 3.33. The summed E-state index contributed by atoms with van der Waals surface area (Å²) < 4.78 is 0. The van der Waals surface area contributed by atoms with Crippen molar-refractivity contribution in [2.45, 2.75) is 25.8 Å². The number of benzene rings is 1. The largest absolute Gasteiger partial charge is 0.330 e. The number of carbonyl (C=O) groups is 1. The molecule has 116 valence electrons. The van der Waals surface area contributed by atoms with Crippen LogP contribution in [0.25, 0.3) is 11.0 Å². The lowest BCUT2D eigenvalue weighted by Gasteiger charge is -2.36. The van der Waals surface area contributed by atoms with E-state index >= 15 is 0 Å². The van der Waals surface area contributed by atoms with Gasteiger partial charge in [-0.05, 0) is 36.1 Å². The van der Waals surface area contributed by atoms with Crippen molar-refractivity contribution in [1.82, 2.24) is 20.1 Å². The molecule has 0 aliphatic carbocycles. The molecular formula is C18H18N4O. The van der Waals surface area contributed by atoms with Crippen molar-refractivity contribution in [3.8, 4) is 0 Å². The van der Waals surface area contributed by atoms with Gasteiger partial charge in [-0.25, -0.2) is 4.98 Å². The van der Waals surface area contributed by atoms with Gasteiger partial charge in [-0.3, -0.25) is 9.89 Å². The number of rotatable bonds is 2. The molecule has 4 rings (SSSR count). The fraction of sp³-hybridized carbons (Fsp3) is 0.278. The second-order valence-corrected chi connectivity index (χ2v) is 5.84. The zero-order valence-corrected chi connectivity index (χ0v) is 13.0. The summed E-state index contributed by atoms with van der Waals surface area (Å²) in [6, 6.07) is 12.2. The topological polar surface area (TPSA) is 61.9 Å². The highest BCUT2D eigenvalue weighted by Gasteiger charge is 2.31. The number of pyridine rings is 1. The van der Waals surface area contributed by atoms with Crippen LogP contribution in [-0.4, -0.2) is 32.5 Å². The Morgan fingerprint density at radius 1 is 1.30 bits per heavy atom. The lowest BCUT2D eigenvalue weighted by Crippen LogP contribution is -2.40. The maximum Gasteiger partial charge on any atom is 0.273 e. The number of nitrogens with zero attached hydrogens (tertiary/aromatic N) is 3. The van der Waals surface area contributed by atoms with E-state index in [1.165, 1.54) is 11.1 Å². The van der Waals surface area contributed by atoms with Gasteiger partial charge in [-0.15, -0.1) is 0 Å². The number of H-pyrrole nitrogens is 1. The summed E-state index contributed by atoms with van der Waals surface area (Å²) in [7, 11) is 0. The van der Waals surface area contributed by atoms with Crippen LogP contribution >= 0.6 is 0 Å². The number of aromatic nitrogens is 3. The molecule has 0 bridgehead atoms. The maximum absolute atomic E-state index is 13.1. The molecule has 2 aromatic heterocycles. The SMILES string of the molecule is CCC1c2ccccc2CCN1C(=O)c1[nH]nc2ncccc12. The first kappa shape index (κ1) is 13.9. The third-order valence-electron chi connectivity index (χ3n) is 4.60. The quantitative estimate of drug-likeness (QED) is 0.791. The molecule has 1 aliphatic heterocycles. The molecule has 5 heteroatoms. The lowest BCUT2D eigenvalue weighted by molar-refractivity contribution is 0.0651. The van der Waals surface area contributed by atoms with Gasteiger partial charge in [0.2, 0.25) is 0 Å². The number of hydrogen-bond donors (Lipinski definition) is 1. The Bertz CT molecular complexity index is 870. The van der Waals surface area contributed by atoms with Crippen molar-refractivity contribution in [1.29, 1.82) is 0 Å². The fourth-order valence-electron chi connectivity index (χ4n) is 3.49. The first-order chi connectivity index (χ1) is 11.3. The average Bonchev–Trinajstić information content (AvgIpc) is 3.04. The molecule has 0 spiro atoms. The van der Waals surface area contributed by atoms with E-state index < -0.39 is 0 Å². The molecule has 1 atom stereocenters. The van der Waals surface area contributed by atoms with E-state index in [1.807, 2.05) is 23.1 Å². The van der Waals surface area contributed by atoms with E-state index in [9.17, 15) is 4.79 Å². The Labute approximate surface area is 134 Å². The Hall–Kier alpha value is -2.69. The van der Waals surface area contributed by atoms with Gasteiger partial charge in [0.15, 0.2) is 5.65 Å². The second-order valence-electron chi connectivity index (χ2n) is 5.84. The van der Waals surface area contributed by atoms with Crippen LogP contribution in [0.3, 0.4) is 0 Å². The normalized spacial score (nSPS) is 17.3. The van der Waals surface area contributed by atoms with Crippen molar-refractivity contribution in [2.24, 2.45) is 0 Å². The van der Waals surface area contributed by atoms with Gasteiger partial charge in [0, 0.05) is 12.7 Å². The molecule has 1 unspecified atom stereocenters. The van der Waals surface area contributed by atoms with E-state index in [4.69, 9.17) is 0 Å². The molecule has 1 N–H and O–H groups in total. The van der Waals surface area contributed by atoms with Crippen molar-refractivity contribution >= 4 is 16.9 Å². The summed E-state index contributed by atoms with van der Waals surface area (Å²) in [5, 5.41) is 7.81. The molecule has 1 aromatic carbocycles. The number of carbonyl (C=O) groups excluding carboxylic acids is 1. The van der Waals surface area contributed by atoms with Crippen LogP contribution in [-0.2, 0) is 6.42 Å². The van der Waals surface area contributed by atoms with Gasteiger partial charge in [0.05, 0.1) is 11.4 Å².